The molecule has 8 nitrogen and oxygen atoms in total. The van der Waals surface area contributed by atoms with Crippen molar-refractivity contribution in [3.8, 4) is 0 Å². The fourth-order valence-corrected chi connectivity index (χ4v) is 0.921. The molecular weight excluding hydrogens is 236 g/mol. The van der Waals surface area contributed by atoms with Crippen molar-refractivity contribution in [2.75, 3.05) is 13.2 Å². The molecule has 1 aliphatic heterocycles. The van der Waals surface area contributed by atoms with E-state index in [1.54, 1.807) is 0 Å². The molecule has 2 N–H and O–H groups in total. The van der Waals surface area contributed by atoms with Gasteiger partial charge in [-0.3, -0.25) is 4.79 Å². The van der Waals surface area contributed by atoms with Crippen molar-refractivity contribution in [2.45, 2.75) is 25.9 Å². The molecule has 98 valence electrons. The Morgan fingerprint density at radius 3 is 1.94 bits per heavy atom. The smallest absolute Gasteiger partial charge is 0.463 e. The lowest BCUT2D eigenvalue weighted by Crippen LogP contribution is -2.10. The maximum Gasteiger partial charge on any atom is 0.505 e. The van der Waals surface area contributed by atoms with Gasteiger partial charge in [0, 0.05) is 6.42 Å². The minimum atomic E-state index is -1.45. The van der Waals surface area contributed by atoms with Crippen LogP contribution in [0.2, 0.25) is 0 Å². The van der Waals surface area contributed by atoms with E-state index in [1.807, 2.05) is 6.92 Å². The van der Waals surface area contributed by atoms with Crippen molar-refractivity contribution < 1.29 is 38.8 Å². The van der Waals surface area contributed by atoms with Gasteiger partial charge in [0.2, 0.25) is 0 Å². The van der Waals surface area contributed by atoms with Crippen LogP contribution in [-0.4, -0.2) is 47.8 Å². The summed E-state index contributed by atoms with van der Waals surface area (Å²) in [4.78, 5) is 29.5. The number of carbonyl (C=O) groups is 3. The van der Waals surface area contributed by atoms with Gasteiger partial charge in [0.1, 0.15) is 13.2 Å². The first-order chi connectivity index (χ1) is 7.91. The Morgan fingerprint density at radius 2 is 1.76 bits per heavy atom. The molecule has 0 spiro atoms. The molecule has 1 atom stereocenters. The summed E-state index contributed by atoms with van der Waals surface area (Å²) in [6, 6.07) is 0. The zero-order valence-electron chi connectivity index (χ0n) is 9.25. The second-order valence-corrected chi connectivity index (χ2v) is 3.07. The van der Waals surface area contributed by atoms with Crippen molar-refractivity contribution in [1.82, 2.24) is 0 Å². The Bertz CT molecular complexity index is 258. The van der Waals surface area contributed by atoms with Gasteiger partial charge >= 0.3 is 18.3 Å². The average molecular weight is 250 g/mol. The van der Waals surface area contributed by atoms with Crippen LogP contribution in [0.4, 0.5) is 9.59 Å². The minimum Gasteiger partial charge on any atom is -0.463 e. The van der Waals surface area contributed by atoms with Crippen molar-refractivity contribution in [1.29, 1.82) is 0 Å². The number of ether oxygens (including phenoxy) is 3. The minimum absolute atomic E-state index is 0.0486. The van der Waals surface area contributed by atoms with Gasteiger partial charge in [0.05, 0.1) is 6.10 Å². The lowest BCUT2D eigenvalue weighted by molar-refractivity contribution is -0.140. The van der Waals surface area contributed by atoms with Crippen LogP contribution in [0.3, 0.4) is 0 Å². The van der Waals surface area contributed by atoms with Crippen molar-refractivity contribution in [3.05, 3.63) is 0 Å². The zero-order valence-corrected chi connectivity index (χ0v) is 9.25. The molecule has 0 aliphatic carbocycles. The van der Waals surface area contributed by atoms with E-state index in [-0.39, 0.29) is 25.3 Å². The largest absolute Gasteiger partial charge is 0.505 e. The van der Waals surface area contributed by atoms with Crippen LogP contribution < -0.4 is 0 Å². The quantitative estimate of drug-likeness (QED) is 0.434. The maximum atomic E-state index is 10.2. The van der Waals surface area contributed by atoms with Crippen LogP contribution in [0, 0.1) is 0 Å². The van der Waals surface area contributed by atoms with Gasteiger partial charge in [-0.1, -0.05) is 0 Å². The van der Waals surface area contributed by atoms with Crippen molar-refractivity contribution >= 4 is 18.3 Å². The maximum absolute atomic E-state index is 10.2. The summed E-state index contributed by atoms with van der Waals surface area (Å²) in [5, 5.41) is 15.7. The standard InChI is InChI=1S/C5H8O2.C4H6O6/c1-4-2-3-5(6)7-4;5-3(6)9-1-2-10-4(7)8/h4H,2-3H2,1H3;1-2H2,(H,5,6)(H,7,8). The topological polar surface area (TPSA) is 119 Å². The third kappa shape index (κ3) is 10.3. The SMILES string of the molecule is CC1CCC(=O)O1.O=C(O)OCCOC(=O)O. The molecule has 0 saturated carbocycles. The van der Waals surface area contributed by atoms with Gasteiger partial charge in [0.15, 0.2) is 0 Å². The highest BCUT2D eigenvalue weighted by Crippen LogP contribution is 2.11. The molecule has 1 aliphatic rings. The summed E-state index contributed by atoms with van der Waals surface area (Å²) in [5.74, 6) is -0.0486. The highest BCUT2D eigenvalue weighted by molar-refractivity contribution is 5.71. The van der Waals surface area contributed by atoms with Gasteiger partial charge in [-0.25, -0.2) is 9.59 Å². The van der Waals surface area contributed by atoms with Gasteiger partial charge in [0.25, 0.3) is 0 Å². The summed E-state index contributed by atoms with van der Waals surface area (Å²) in [5.41, 5.74) is 0. The van der Waals surface area contributed by atoms with Crippen LogP contribution in [0.25, 0.3) is 0 Å². The predicted molar refractivity (Wildman–Crippen MR) is 52.7 cm³/mol. The molecule has 0 aromatic carbocycles. The van der Waals surface area contributed by atoms with Gasteiger partial charge in [-0.15, -0.1) is 0 Å². The van der Waals surface area contributed by atoms with E-state index < -0.39 is 12.3 Å². The second kappa shape index (κ2) is 8.20. The number of rotatable bonds is 3. The number of hydrogen-bond acceptors (Lipinski definition) is 6. The number of cyclic esters (lactones) is 1. The molecule has 0 aromatic heterocycles. The highest BCUT2D eigenvalue weighted by Gasteiger charge is 2.17. The highest BCUT2D eigenvalue weighted by atomic mass is 16.7. The van der Waals surface area contributed by atoms with E-state index in [4.69, 9.17) is 14.9 Å². The van der Waals surface area contributed by atoms with Crippen LogP contribution >= 0.6 is 0 Å². The van der Waals surface area contributed by atoms with E-state index in [9.17, 15) is 14.4 Å². The van der Waals surface area contributed by atoms with E-state index in [2.05, 4.69) is 9.47 Å². The van der Waals surface area contributed by atoms with Crippen LogP contribution in [0.5, 0.6) is 0 Å². The number of hydrogen-bond donors (Lipinski definition) is 2. The molecule has 1 rings (SSSR count). The molecule has 1 unspecified atom stereocenters. The Morgan fingerprint density at radius 1 is 1.29 bits per heavy atom. The molecule has 1 heterocycles. The zero-order chi connectivity index (χ0) is 13.3. The summed E-state index contributed by atoms with van der Waals surface area (Å²) < 4.78 is 12.6. The predicted octanol–water partition coefficient (Wildman–Crippen LogP) is 1.09. The summed E-state index contributed by atoms with van der Waals surface area (Å²) in [6.07, 6.45) is -1.21. The Labute approximate surface area is 97.1 Å². The lowest BCUT2D eigenvalue weighted by atomic mass is 10.3. The van der Waals surface area contributed by atoms with E-state index >= 15 is 0 Å². The van der Waals surface area contributed by atoms with Crippen molar-refractivity contribution in [3.63, 3.8) is 0 Å². The van der Waals surface area contributed by atoms with Gasteiger partial charge in [-0.05, 0) is 13.3 Å². The molecule has 0 radical (unpaired) electrons. The normalized spacial score (nSPS) is 17.5. The summed E-state index contributed by atoms with van der Waals surface area (Å²) in [6.45, 7) is 1.36. The molecule has 1 fully saturated rings. The molecule has 8 heteroatoms. The average Bonchev–Trinajstić information content (AvgIpc) is 2.58. The lowest BCUT2D eigenvalue weighted by Gasteiger charge is -1.98. The molecule has 0 amide bonds. The summed E-state index contributed by atoms with van der Waals surface area (Å²) >= 11 is 0. The molecule has 1 saturated heterocycles. The first kappa shape index (κ1) is 15.0. The first-order valence-corrected chi connectivity index (χ1v) is 4.82. The van der Waals surface area contributed by atoms with Gasteiger partial charge < -0.3 is 24.4 Å². The van der Waals surface area contributed by atoms with Crippen LogP contribution in [-0.2, 0) is 19.0 Å². The van der Waals surface area contributed by atoms with Crippen molar-refractivity contribution in [2.24, 2.45) is 0 Å². The second-order valence-electron chi connectivity index (χ2n) is 3.07. The molecule has 0 aromatic rings. The third-order valence-electron chi connectivity index (χ3n) is 1.62. The Balaban J connectivity index is 0.000000318. The molecule has 17 heavy (non-hydrogen) atoms. The third-order valence-corrected chi connectivity index (χ3v) is 1.62. The van der Waals surface area contributed by atoms with Crippen LogP contribution in [0.15, 0.2) is 0 Å². The van der Waals surface area contributed by atoms with E-state index in [0.717, 1.165) is 6.42 Å². The summed E-state index contributed by atoms with van der Waals surface area (Å²) in [7, 11) is 0. The number of carbonyl (C=O) groups excluding carboxylic acids is 1. The monoisotopic (exact) mass is 250 g/mol. The number of carboxylic acid groups (broad SMARTS) is 2. The van der Waals surface area contributed by atoms with Gasteiger partial charge in [-0.2, -0.15) is 0 Å². The molecule has 0 bridgehead atoms. The molecular formula is C9H14O8. The van der Waals surface area contributed by atoms with E-state index in [0.29, 0.717) is 6.42 Å². The Hall–Kier alpha value is -1.99. The first-order valence-electron chi connectivity index (χ1n) is 4.82. The van der Waals surface area contributed by atoms with E-state index in [1.165, 1.54) is 0 Å². The fraction of sp³-hybridized carbons (Fsp3) is 0.667. The Kier molecular flexibility index (Phi) is 7.24. The number of esters is 1. The fourth-order valence-electron chi connectivity index (χ4n) is 0.921. The van der Waals surface area contributed by atoms with Crippen LogP contribution in [0.1, 0.15) is 19.8 Å².